The zero-order valence-electron chi connectivity index (χ0n) is 17.4. The molecule has 0 saturated heterocycles. The molecule has 7 heteroatoms. The zero-order valence-corrected chi connectivity index (χ0v) is 18.3. The van der Waals surface area contributed by atoms with Gasteiger partial charge in [-0.15, -0.1) is 0 Å². The number of rotatable bonds is 7. The number of nitrogens with zero attached hydrogens (tertiary/aromatic N) is 1. The average Bonchev–Trinajstić information content (AvgIpc) is 2.64. The number of nitrogens with one attached hydrogen (secondary N) is 2. The minimum absolute atomic E-state index is 0.0419. The molecule has 28 heavy (non-hydrogen) atoms. The standard InChI is InChI=1S/C21H29N3O3S/c1-13-8-7-10-22-19(13)12-23-20(25)9-11-24-28(26,27)21-17(5)15(3)14(2)16(4)18(21)6/h7-8,10,24H,9,11-12H2,1-6H3,(H,23,25). The van der Waals surface area contributed by atoms with Gasteiger partial charge in [0, 0.05) is 19.2 Å². The number of sulfonamides is 1. The minimum Gasteiger partial charge on any atom is -0.350 e. The van der Waals surface area contributed by atoms with E-state index < -0.39 is 10.0 Å². The second-order valence-electron chi connectivity index (χ2n) is 7.15. The number of carbonyl (C=O) groups excluding carboxylic acids is 1. The van der Waals surface area contributed by atoms with Crippen molar-refractivity contribution in [2.75, 3.05) is 6.54 Å². The molecule has 2 N–H and O–H groups in total. The van der Waals surface area contributed by atoms with Crippen LogP contribution in [0.25, 0.3) is 0 Å². The van der Waals surface area contributed by atoms with Crippen molar-refractivity contribution < 1.29 is 13.2 Å². The summed E-state index contributed by atoms with van der Waals surface area (Å²) in [6, 6.07) is 3.77. The van der Waals surface area contributed by atoms with Crippen LogP contribution in [0.2, 0.25) is 0 Å². The lowest BCUT2D eigenvalue weighted by Crippen LogP contribution is -2.31. The molecule has 1 aromatic heterocycles. The molecule has 0 unspecified atom stereocenters. The second kappa shape index (κ2) is 8.84. The van der Waals surface area contributed by atoms with Gasteiger partial charge in [0.2, 0.25) is 15.9 Å². The Morgan fingerprint density at radius 2 is 1.54 bits per heavy atom. The van der Waals surface area contributed by atoms with Crippen molar-refractivity contribution in [3.8, 4) is 0 Å². The summed E-state index contributed by atoms with van der Waals surface area (Å²) in [5, 5.41) is 2.78. The van der Waals surface area contributed by atoms with E-state index in [4.69, 9.17) is 0 Å². The zero-order chi connectivity index (χ0) is 21.1. The number of benzene rings is 1. The lowest BCUT2D eigenvalue weighted by atomic mass is 9.95. The lowest BCUT2D eigenvalue weighted by Gasteiger charge is -2.19. The highest BCUT2D eigenvalue weighted by atomic mass is 32.2. The third-order valence-electron chi connectivity index (χ3n) is 5.41. The topological polar surface area (TPSA) is 88.2 Å². The van der Waals surface area contributed by atoms with Gasteiger partial charge in [0.05, 0.1) is 17.1 Å². The van der Waals surface area contributed by atoms with E-state index in [1.807, 2.05) is 53.7 Å². The number of hydrogen-bond acceptors (Lipinski definition) is 4. The summed E-state index contributed by atoms with van der Waals surface area (Å²) in [6.07, 6.45) is 1.74. The van der Waals surface area contributed by atoms with Crippen molar-refractivity contribution in [2.45, 2.75) is 59.4 Å². The lowest BCUT2D eigenvalue weighted by molar-refractivity contribution is -0.121. The van der Waals surface area contributed by atoms with Crippen molar-refractivity contribution in [2.24, 2.45) is 0 Å². The molecular formula is C21H29N3O3S. The Morgan fingerprint density at radius 1 is 0.964 bits per heavy atom. The Balaban J connectivity index is 2.01. The smallest absolute Gasteiger partial charge is 0.241 e. The Kier molecular flexibility index (Phi) is 6.96. The molecule has 0 atom stereocenters. The fourth-order valence-electron chi connectivity index (χ4n) is 3.21. The Bertz CT molecular complexity index is 969. The van der Waals surface area contributed by atoms with Gasteiger partial charge in [-0.3, -0.25) is 9.78 Å². The summed E-state index contributed by atoms with van der Waals surface area (Å²) in [4.78, 5) is 16.6. The van der Waals surface area contributed by atoms with Crippen molar-refractivity contribution in [1.82, 2.24) is 15.0 Å². The van der Waals surface area contributed by atoms with Crippen LogP contribution in [0.15, 0.2) is 23.2 Å². The predicted molar refractivity (Wildman–Crippen MR) is 111 cm³/mol. The molecule has 0 spiro atoms. The molecule has 1 amide bonds. The third-order valence-corrected chi connectivity index (χ3v) is 7.15. The van der Waals surface area contributed by atoms with Gasteiger partial charge >= 0.3 is 0 Å². The maximum atomic E-state index is 12.8. The number of aromatic nitrogens is 1. The van der Waals surface area contributed by atoms with Crippen LogP contribution in [0, 0.1) is 41.5 Å². The van der Waals surface area contributed by atoms with Gasteiger partial charge in [0.25, 0.3) is 0 Å². The number of pyridine rings is 1. The number of aryl methyl sites for hydroxylation is 1. The first-order valence-electron chi connectivity index (χ1n) is 9.30. The molecule has 0 fully saturated rings. The van der Waals surface area contributed by atoms with E-state index >= 15 is 0 Å². The third kappa shape index (κ3) is 4.77. The summed E-state index contributed by atoms with van der Waals surface area (Å²) in [7, 11) is -3.70. The van der Waals surface area contributed by atoms with Gasteiger partial charge < -0.3 is 5.32 Å². The van der Waals surface area contributed by atoms with Gasteiger partial charge in [0.15, 0.2) is 0 Å². The molecule has 6 nitrogen and oxygen atoms in total. The largest absolute Gasteiger partial charge is 0.350 e. The second-order valence-corrected chi connectivity index (χ2v) is 8.85. The van der Waals surface area contributed by atoms with E-state index in [9.17, 15) is 13.2 Å². The summed E-state index contributed by atoms with van der Waals surface area (Å²) in [5.41, 5.74) is 6.37. The summed E-state index contributed by atoms with van der Waals surface area (Å²) in [5.74, 6) is -0.225. The SMILES string of the molecule is Cc1cccnc1CNC(=O)CCNS(=O)(=O)c1c(C)c(C)c(C)c(C)c1C. The maximum absolute atomic E-state index is 12.8. The molecule has 0 aliphatic carbocycles. The van der Waals surface area contributed by atoms with Crippen LogP contribution >= 0.6 is 0 Å². The monoisotopic (exact) mass is 403 g/mol. The summed E-state index contributed by atoms with van der Waals surface area (Å²) >= 11 is 0. The van der Waals surface area contributed by atoms with Crippen molar-refractivity contribution in [1.29, 1.82) is 0 Å². The van der Waals surface area contributed by atoms with Crippen LogP contribution in [0.1, 0.15) is 45.5 Å². The normalized spacial score (nSPS) is 11.5. The molecule has 0 aliphatic heterocycles. The predicted octanol–water partition coefficient (Wildman–Crippen LogP) is 2.92. The molecule has 0 saturated carbocycles. The number of carbonyl (C=O) groups is 1. The first-order valence-corrected chi connectivity index (χ1v) is 10.8. The van der Waals surface area contributed by atoms with Crippen molar-refractivity contribution in [3.05, 3.63) is 57.4 Å². The molecular weight excluding hydrogens is 374 g/mol. The fraction of sp³-hybridized carbons (Fsp3) is 0.429. The van der Waals surface area contributed by atoms with Crippen molar-refractivity contribution in [3.63, 3.8) is 0 Å². The van der Waals surface area contributed by atoms with Crippen LogP contribution in [-0.2, 0) is 21.4 Å². The van der Waals surface area contributed by atoms with E-state index in [2.05, 4.69) is 15.0 Å². The highest BCUT2D eigenvalue weighted by molar-refractivity contribution is 7.89. The Hall–Kier alpha value is -2.25. The molecule has 1 aromatic carbocycles. The van der Waals surface area contributed by atoms with E-state index in [-0.39, 0.29) is 18.9 Å². The van der Waals surface area contributed by atoms with Gasteiger partial charge in [-0.05, 0) is 81.0 Å². The molecule has 0 bridgehead atoms. The maximum Gasteiger partial charge on any atom is 0.241 e. The van der Waals surface area contributed by atoms with Crippen molar-refractivity contribution >= 4 is 15.9 Å². The quantitative estimate of drug-likeness (QED) is 0.744. The van der Waals surface area contributed by atoms with E-state index in [0.717, 1.165) is 39.1 Å². The van der Waals surface area contributed by atoms with Crippen LogP contribution in [0.3, 0.4) is 0 Å². The minimum atomic E-state index is -3.70. The Morgan fingerprint density at radius 3 is 2.11 bits per heavy atom. The number of amides is 1. The van der Waals surface area contributed by atoms with Crippen LogP contribution in [0.5, 0.6) is 0 Å². The fourth-order valence-corrected chi connectivity index (χ4v) is 4.84. The van der Waals surface area contributed by atoms with E-state index in [0.29, 0.717) is 11.4 Å². The highest BCUT2D eigenvalue weighted by Crippen LogP contribution is 2.29. The van der Waals surface area contributed by atoms with Crippen LogP contribution < -0.4 is 10.0 Å². The molecule has 1 heterocycles. The van der Waals surface area contributed by atoms with E-state index in [1.54, 1.807) is 6.20 Å². The van der Waals surface area contributed by atoms with Gasteiger partial charge in [-0.2, -0.15) is 0 Å². The highest BCUT2D eigenvalue weighted by Gasteiger charge is 2.23. The molecule has 2 rings (SSSR count). The average molecular weight is 404 g/mol. The van der Waals surface area contributed by atoms with Crippen LogP contribution in [0.4, 0.5) is 0 Å². The molecule has 2 aromatic rings. The molecule has 0 radical (unpaired) electrons. The first kappa shape index (κ1) is 22.0. The van der Waals surface area contributed by atoms with Crippen LogP contribution in [-0.4, -0.2) is 25.9 Å². The van der Waals surface area contributed by atoms with Gasteiger partial charge in [-0.25, -0.2) is 13.1 Å². The molecule has 0 aliphatic rings. The first-order chi connectivity index (χ1) is 13.1. The van der Waals surface area contributed by atoms with E-state index in [1.165, 1.54) is 0 Å². The summed E-state index contributed by atoms with van der Waals surface area (Å²) in [6.45, 7) is 11.8. The Labute approximate surface area is 167 Å². The molecule has 152 valence electrons. The number of hydrogen-bond donors (Lipinski definition) is 2. The van der Waals surface area contributed by atoms with Gasteiger partial charge in [0.1, 0.15) is 0 Å². The van der Waals surface area contributed by atoms with Gasteiger partial charge in [-0.1, -0.05) is 6.07 Å². The summed E-state index contributed by atoms with van der Waals surface area (Å²) < 4.78 is 28.3.